The molecule has 0 aliphatic carbocycles. The Morgan fingerprint density at radius 1 is 0.973 bits per heavy atom. The van der Waals surface area contributed by atoms with Crippen LogP contribution in [0.1, 0.15) is 48.7 Å². The number of carbonyl (C=O) groups is 2. The van der Waals surface area contributed by atoms with E-state index in [1.54, 1.807) is 24.3 Å². The molecule has 3 aromatic carbocycles. The van der Waals surface area contributed by atoms with Gasteiger partial charge < -0.3 is 14.8 Å². The molecule has 5 rings (SSSR count). The quantitative estimate of drug-likeness (QED) is 0.176. The predicted molar refractivity (Wildman–Crippen MR) is 146 cm³/mol. The largest absolute Gasteiger partial charge is 0.507 e. The van der Waals surface area contributed by atoms with Crippen LogP contribution in [0.15, 0.2) is 78.4 Å². The van der Waals surface area contributed by atoms with Crippen LogP contribution in [0.4, 0.5) is 5.69 Å². The Morgan fingerprint density at radius 2 is 1.68 bits per heavy atom. The lowest BCUT2D eigenvalue weighted by Gasteiger charge is -2.26. The topological polar surface area (TPSA) is 82.6 Å². The van der Waals surface area contributed by atoms with Gasteiger partial charge in [-0.3, -0.25) is 14.5 Å². The number of benzene rings is 3. The van der Waals surface area contributed by atoms with E-state index in [0.29, 0.717) is 23.6 Å². The van der Waals surface area contributed by atoms with Crippen LogP contribution in [-0.2, 0) is 16.0 Å². The molecule has 4 aromatic rings. The summed E-state index contributed by atoms with van der Waals surface area (Å²) in [6, 6.07) is 21.6. The second-order valence-electron chi connectivity index (χ2n) is 9.27. The number of aliphatic hydroxyl groups is 1. The zero-order valence-corrected chi connectivity index (χ0v) is 21.2. The summed E-state index contributed by atoms with van der Waals surface area (Å²) in [5, 5.41) is 12.4. The molecule has 2 heterocycles. The summed E-state index contributed by atoms with van der Waals surface area (Å²) in [7, 11) is 0. The van der Waals surface area contributed by atoms with Crippen molar-refractivity contribution in [2.45, 2.75) is 39.7 Å². The number of aliphatic hydroxyl groups excluding tert-OH is 1. The maximum Gasteiger partial charge on any atom is 0.300 e. The predicted octanol–water partition coefficient (Wildman–Crippen LogP) is 6.45. The number of carbonyl (C=O) groups excluding carboxylic acids is 2. The molecular weight excluding hydrogens is 464 g/mol. The number of H-pyrrole nitrogens is 1. The second kappa shape index (κ2) is 9.97. The van der Waals surface area contributed by atoms with Gasteiger partial charge in [0.15, 0.2) is 0 Å². The number of hydrogen-bond acceptors (Lipinski definition) is 4. The SMILES string of the molecule is CCCOc1ccc(/C(O)=C2\C(=O)C(=O)N(c3ccc(CC)cc3)C2c2c(C)[nH]c3ccccc23)cc1. The van der Waals surface area contributed by atoms with Crippen LogP contribution in [0.25, 0.3) is 16.7 Å². The lowest BCUT2D eigenvalue weighted by molar-refractivity contribution is -0.132. The molecule has 0 radical (unpaired) electrons. The van der Waals surface area contributed by atoms with Gasteiger partial charge in [0, 0.05) is 33.4 Å². The number of rotatable bonds is 7. The average Bonchev–Trinajstić information content (AvgIpc) is 3.39. The van der Waals surface area contributed by atoms with Gasteiger partial charge in [-0.1, -0.05) is 44.2 Å². The van der Waals surface area contributed by atoms with Crippen molar-refractivity contribution in [1.82, 2.24) is 4.98 Å². The molecule has 1 saturated heterocycles. The van der Waals surface area contributed by atoms with Crippen LogP contribution in [0.2, 0.25) is 0 Å². The van der Waals surface area contributed by atoms with Gasteiger partial charge in [0.05, 0.1) is 18.2 Å². The molecule has 6 nitrogen and oxygen atoms in total. The fourth-order valence-corrected chi connectivity index (χ4v) is 5.00. The number of nitrogens with one attached hydrogen (secondary N) is 1. The molecule has 6 heteroatoms. The van der Waals surface area contributed by atoms with E-state index in [4.69, 9.17) is 4.74 Å². The third kappa shape index (κ3) is 4.29. The highest BCUT2D eigenvalue weighted by Gasteiger charge is 2.48. The highest BCUT2D eigenvalue weighted by Crippen LogP contribution is 2.45. The summed E-state index contributed by atoms with van der Waals surface area (Å²) in [6.07, 6.45) is 1.75. The summed E-state index contributed by atoms with van der Waals surface area (Å²) < 4.78 is 5.66. The van der Waals surface area contributed by atoms with E-state index in [1.807, 2.05) is 62.4 Å². The molecule has 1 unspecified atom stereocenters. The lowest BCUT2D eigenvalue weighted by atomic mass is 9.93. The van der Waals surface area contributed by atoms with Gasteiger partial charge in [-0.2, -0.15) is 0 Å². The van der Waals surface area contributed by atoms with Crippen molar-refractivity contribution in [2.75, 3.05) is 11.5 Å². The standard InChI is InChI=1S/C31H30N2O4/c1-4-18-37-23-16-12-21(13-17-23)29(34)27-28(26-19(3)32-25-9-7-6-8-24(25)26)33(31(36)30(27)35)22-14-10-20(5-2)11-15-22/h6-17,28,32,34H,4-5,18H2,1-3H3/b29-27+. The maximum atomic E-state index is 13.5. The molecule has 0 bridgehead atoms. The van der Waals surface area contributed by atoms with E-state index < -0.39 is 17.7 Å². The van der Waals surface area contributed by atoms with E-state index in [2.05, 4.69) is 11.9 Å². The minimum Gasteiger partial charge on any atom is -0.507 e. The van der Waals surface area contributed by atoms with Crippen LogP contribution in [0.3, 0.4) is 0 Å². The van der Waals surface area contributed by atoms with E-state index in [0.717, 1.165) is 40.6 Å². The first-order valence-corrected chi connectivity index (χ1v) is 12.6. The van der Waals surface area contributed by atoms with Gasteiger partial charge >= 0.3 is 0 Å². The Bertz CT molecular complexity index is 1500. The molecule has 1 aliphatic heterocycles. The number of aromatic nitrogens is 1. The van der Waals surface area contributed by atoms with Gasteiger partial charge in [0.1, 0.15) is 11.5 Å². The number of ketones is 1. The molecule has 1 aromatic heterocycles. The van der Waals surface area contributed by atoms with Crippen molar-refractivity contribution >= 4 is 34.0 Å². The highest BCUT2D eigenvalue weighted by molar-refractivity contribution is 6.52. The Balaban J connectivity index is 1.70. The summed E-state index contributed by atoms with van der Waals surface area (Å²) in [5.41, 5.74) is 4.78. The number of aromatic amines is 1. The molecule has 1 fully saturated rings. The first-order valence-electron chi connectivity index (χ1n) is 12.6. The molecule has 1 amide bonds. The molecule has 0 saturated carbocycles. The first-order chi connectivity index (χ1) is 17.9. The van der Waals surface area contributed by atoms with Gasteiger partial charge in [0.2, 0.25) is 0 Å². The van der Waals surface area contributed by atoms with Crippen molar-refractivity contribution in [3.05, 3.63) is 101 Å². The first kappa shape index (κ1) is 24.4. The van der Waals surface area contributed by atoms with Crippen molar-refractivity contribution in [3.63, 3.8) is 0 Å². The minimum atomic E-state index is -0.792. The number of hydrogen-bond donors (Lipinski definition) is 2. The van der Waals surface area contributed by atoms with Gasteiger partial charge in [-0.05, 0) is 67.8 Å². The van der Waals surface area contributed by atoms with E-state index in [-0.39, 0.29) is 11.3 Å². The molecule has 1 aliphatic rings. The Kier molecular flexibility index (Phi) is 6.57. The number of para-hydroxylation sites is 1. The Hall–Kier alpha value is -4.32. The highest BCUT2D eigenvalue weighted by atomic mass is 16.5. The fraction of sp³-hybridized carbons (Fsp3) is 0.226. The second-order valence-corrected chi connectivity index (χ2v) is 9.27. The number of nitrogens with zero attached hydrogens (tertiary/aromatic N) is 1. The van der Waals surface area contributed by atoms with Gasteiger partial charge in [-0.25, -0.2) is 0 Å². The normalized spacial score (nSPS) is 17.1. The summed E-state index contributed by atoms with van der Waals surface area (Å²) in [5.74, 6) is -0.900. The zero-order chi connectivity index (χ0) is 26.1. The summed E-state index contributed by atoms with van der Waals surface area (Å²) >= 11 is 0. The van der Waals surface area contributed by atoms with E-state index in [1.165, 1.54) is 4.90 Å². The molecule has 188 valence electrons. The summed E-state index contributed by atoms with van der Waals surface area (Å²) in [6.45, 7) is 6.61. The molecular formula is C31H30N2O4. The van der Waals surface area contributed by atoms with Gasteiger partial charge in [0.25, 0.3) is 11.7 Å². The fourth-order valence-electron chi connectivity index (χ4n) is 5.00. The van der Waals surface area contributed by atoms with Crippen LogP contribution in [-0.4, -0.2) is 28.4 Å². The zero-order valence-electron chi connectivity index (χ0n) is 21.2. The third-order valence-corrected chi connectivity index (χ3v) is 6.88. The number of fused-ring (bicyclic) bond motifs is 1. The smallest absolute Gasteiger partial charge is 0.300 e. The maximum absolute atomic E-state index is 13.5. The molecule has 1 atom stereocenters. The van der Waals surface area contributed by atoms with Crippen LogP contribution < -0.4 is 9.64 Å². The van der Waals surface area contributed by atoms with Crippen molar-refractivity contribution in [3.8, 4) is 5.75 Å². The summed E-state index contributed by atoms with van der Waals surface area (Å²) in [4.78, 5) is 32.0. The molecule has 0 spiro atoms. The minimum absolute atomic E-state index is 0.0691. The Morgan fingerprint density at radius 3 is 2.35 bits per heavy atom. The van der Waals surface area contributed by atoms with Crippen LogP contribution >= 0.6 is 0 Å². The van der Waals surface area contributed by atoms with Crippen molar-refractivity contribution in [2.24, 2.45) is 0 Å². The van der Waals surface area contributed by atoms with Crippen molar-refractivity contribution < 1.29 is 19.4 Å². The molecule has 2 N–H and O–H groups in total. The number of aryl methyl sites for hydroxylation is 2. The number of ether oxygens (including phenoxy) is 1. The third-order valence-electron chi connectivity index (χ3n) is 6.88. The van der Waals surface area contributed by atoms with Gasteiger partial charge in [-0.15, -0.1) is 0 Å². The van der Waals surface area contributed by atoms with Crippen LogP contribution in [0.5, 0.6) is 5.75 Å². The van der Waals surface area contributed by atoms with E-state index >= 15 is 0 Å². The Labute approximate surface area is 216 Å². The number of Topliss-reactive ketones (excluding diaryl/α,β-unsaturated/α-hetero) is 1. The number of anilines is 1. The van der Waals surface area contributed by atoms with E-state index in [9.17, 15) is 14.7 Å². The average molecular weight is 495 g/mol. The van der Waals surface area contributed by atoms with Crippen LogP contribution in [0, 0.1) is 6.92 Å². The molecule has 37 heavy (non-hydrogen) atoms. The lowest BCUT2D eigenvalue weighted by Crippen LogP contribution is -2.29. The number of amides is 1. The monoisotopic (exact) mass is 494 g/mol. The van der Waals surface area contributed by atoms with Crippen molar-refractivity contribution in [1.29, 1.82) is 0 Å².